The van der Waals surface area contributed by atoms with E-state index in [4.69, 9.17) is 16.3 Å². The second-order valence-corrected chi connectivity index (χ2v) is 3.47. The van der Waals surface area contributed by atoms with Crippen LogP contribution in [0.1, 0.15) is 12.8 Å². The van der Waals surface area contributed by atoms with Crippen LogP contribution in [0, 0.1) is 0 Å². The zero-order valence-corrected chi connectivity index (χ0v) is 7.62. The van der Waals surface area contributed by atoms with Crippen molar-refractivity contribution in [1.82, 2.24) is 4.98 Å². The highest BCUT2D eigenvalue weighted by molar-refractivity contribution is 6.29. The van der Waals surface area contributed by atoms with E-state index >= 15 is 0 Å². The van der Waals surface area contributed by atoms with Gasteiger partial charge in [-0.05, 0) is 18.9 Å². The number of halogens is 1. The average Bonchev–Trinajstić information content (AvgIpc) is 2.86. The number of aldehydes is 1. The molecular weight excluding hydrogens is 190 g/mol. The van der Waals surface area contributed by atoms with E-state index in [-0.39, 0.29) is 0 Å². The van der Waals surface area contributed by atoms with E-state index in [1.54, 1.807) is 18.2 Å². The summed E-state index contributed by atoms with van der Waals surface area (Å²) in [4.78, 5) is 14.5. The van der Waals surface area contributed by atoms with Gasteiger partial charge in [-0.1, -0.05) is 17.7 Å². The summed E-state index contributed by atoms with van der Waals surface area (Å²) in [7, 11) is 0. The van der Waals surface area contributed by atoms with Crippen molar-refractivity contribution < 1.29 is 9.53 Å². The van der Waals surface area contributed by atoms with Crippen LogP contribution >= 0.6 is 11.6 Å². The van der Waals surface area contributed by atoms with Gasteiger partial charge in [0.15, 0.2) is 11.9 Å². The van der Waals surface area contributed by atoms with Crippen LogP contribution in [0.3, 0.4) is 0 Å². The Labute approximate surface area is 80.7 Å². The Bertz CT molecular complexity index is 336. The molecule has 0 bridgehead atoms. The Morgan fingerprint density at radius 2 is 2.31 bits per heavy atom. The van der Waals surface area contributed by atoms with Gasteiger partial charge in [0.05, 0.1) is 0 Å². The van der Waals surface area contributed by atoms with Crippen molar-refractivity contribution in [1.29, 1.82) is 0 Å². The highest BCUT2D eigenvalue weighted by Gasteiger charge is 2.46. The molecule has 0 radical (unpaired) electrons. The molecule has 1 aliphatic carbocycles. The topological polar surface area (TPSA) is 39.2 Å². The first-order chi connectivity index (χ1) is 6.24. The Hall–Kier alpha value is -1.09. The number of pyridine rings is 1. The van der Waals surface area contributed by atoms with Crippen LogP contribution < -0.4 is 4.74 Å². The summed E-state index contributed by atoms with van der Waals surface area (Å²) in [5.74, 6) is 0.414. The summed E-state index contributed by atoms with van der Waals surface area (Å²) in [6, 6.07) is 5.09. The third kappa shape index (κ3) is 1.80. The molecule has 2 rings (SSSR count). The molecule has 4 heteroatoms. The summed E-state index contributed by atoms with van der Waals surface area (Å²) in [5.41, 5.74) is -0.613. The first-order valence-corrected chi connectivity index (χ1v) is 4.40. The molecule has 1 aromatic heterocycles. The van der Waals surface area contributed by atoms with Gasteiger partial charge in [-0.3, -0.25) is 4.79 Å². The number of nitrogens with zero attached hydrogens (tertiary/aromatic N) is 1. The Balaban J connectivity index is 2.14. The molecule has 0 amide bonds. The van der Waals surface area contributed by atoms with Gasteiger partial charge < -0.3 is 4.74 Å². The second kappa shape index (κ2) is 3.00. The molecule has 0 aromatic carbocycles. The Kier molecular flexibility index (Phi) is 1.96. The van der Waals surface area contributed by atoms with Gasteiger partial charge in [-0.15, -0.1) is 0 Å². The van der Waals surface area contributed by atoms with E-state index in [0.29, 0.717) is 11.0 Å². The minimum atomic E-state index is -0.613. The molecule has 1 fully saturated rings. The summed E-state index contributed by atoms with van der Waals surface area (Å²) in [6.07, 6.45) is 2.37. The molecular formula is C9H8ClNO2. The zero-order valence-electron chi connectivity index (χ0n) is 6.87. The van der Waals surface area contributed by atoms with Crippen molar-refractivity contribution in [2.45, 2.75) is 18.4 Å². The molecule has 0 N–H and O–H groups in total. The third-order valence-electron chi connectivity index (χ3n) is 1.95. The van der Waals surface area contributed by atoms with E-state index in [1.807, 2.05) is 0 Å². The van der Waals surface area contributed by atoms with Crippen LogP contribution in [0.5, 0.6) is 5.88 Å². The average molecular weight is 198 g/mol. The second-order valence-electron chi connectivity index (χ2n) is 3.08. The molecule has 3 nitrogen and oxygen atoms in total. The quantitative estimate of drug-likeness (QED) is 0.548. The van der Waals surface area contributed by atoms with Gasteiger partial charge in [0, 0.05) is 6.07 Å². The van der Waals surface area contributed by atoms with Gasteiger partial charge in [0.1, 0.15) is 5.15 Å². The van der Waals surface area contributed by atoms with E-state index in [1.165, 1.54) is 0 Å². The monoisotopic (exact) mass is 197 g/mol. The lowest BCUT2D eigenvalue weighted by Gasteiger charge is -2.09. The fourth-order valence-electron chi connectivity index (χ4n) is 1.02. The van der Waals surface area contributed by atoms with E-state index in [9.17, 15) is 4.79 Å². The maximum absolute atomic E-state index is 10.6. The predicted octanol–water partition coefficient (Wildman–Crippen LogP) is 1.85. The summed E-state index contributed by atoms with van der Waals surface area (Å²) in [6.45, 7) is 0. The number of aromatic nitrogens is 1. The highest BCUT2D eigenvalue weighted by atomic mass is 35.5. The van der Waals surface area contributed by atoms with Gasteiger partial charge >= 0.3 is 0 Å². The van der Waals surface area contributed by atoms with Gasteiger partial charge in [-0.25, -0.2) is 4.98 Å². The molecule has 0 saturated heterocycles. The summed E-state index contributed by atoms with van der Waals surface area (Å²) >= 11 is 5.66. The van der Waals surface area contributed by atoms with Crippen LogP contribution in [0.4, 0.5) is 0 Å². The Morgan fingerprint density at radius 3 is 2.85 bits per heavy atom. The van der Waals surface area contributed by atoms with Crippen molar-refractivity contribution in [3.8, 4) is 5.88 Å². The predicted molar refractivity (Wildman–Crippen MR) is 47.9 cm³/mol. The van der Waals surface area contributed by atoms with Crippen LogP contribution in [-0.2, 0) is 4.79 Å². The molecule has 1 heterocycles. The van der Waals surface area contributed by atoms with E-state index in [0.717, 1.165) is 19.1 Å². The number of hydrogen-bond donors (Lipinski definition) is 0. The minimum Gasteiger partial charge on any atom is -0.463 e. The standard InChI is InChI=1S/C9H8ClNO2/c10-7-2-1-3-8(11-7)13-9(6-12)4-5-9/h1-3,6H,4-5H2. The summed E-state index contributed by atoms with van der Waals surface area (Å²) < 4.78 is 5.38. The molecule has 0 spiro atoms. The fraction of sp³-hybridized carbons (Fsp3) is 0.333. The van der Waals surface area contributed by atoms with Crippen molar-refractivity contribution in [2.24, 2.45) is 0 Å². The highest BCUT2D eigenvalue weighted by Crippen LogP contribution is 2.37. The lowest BCUT2D eigenvalue weighted by Crippen LogP contribution is -2.19. The van der Waals surface area contributed by atoms with Crippen LogP contribution in [-0.4, -0.2) is 16.9 Å². The molecule has 68 valence electrons. The molecule has 1 aliphatic rings. The van der Waals surface area contributed by atoms with Crippen molar-refractivity contribution in [3.05, 3.63) is 23.4 Å². The zero-order chi connectivity index (χ0) is 9.31. The van der Waals surface area contributed by atoms with Gasteiger partial charge in [-0.2, -0.15) is 0 Å². The van der Waals surface area contributed by atoms with Crippen molar-refractivity contribution in [2.75, 3.05) is 0 Å². The molecule has 1 aromatic rings. The molecule has 13 heavy (non-hydrogen) atoms. The minimum absolute atomic E-state index is 0.374. The summed E-state index contributed by atoms with van der Waals surface area (Å²) in [5, 5.41) is 0.374. The van der Waals surface area contributed by atoms with Crippen molar-refractivity contribution >= 4 is 17.9 Å². The Morgan fingerprint density at radius 1 is 1.54 bits per heavy atom. The first kappa shape index (κ1) is 8.51. The maximum atomic E-state index is 10.6. The maximum Gasteiger partial charge on any atom is 0.215 e. The number of ether oxygens (including phenoxy) is 1. The fourth-order valence-corrected chi connectivity index (χ4v) is 1.18. The van der Waals surface area contributed by atoms with Crippen molar-refractivity contribution in [3.63, 3.8) is 0 Å². The van der Waals surface area contributed by atoms with E-state index in [2.05, 4.69) is 4.98 Å². The smallest absolute Gasteiger partial charge is 0.215 e. The largest absolute Gasteiger partial charge is 0.463 e. The molecule has 0 unspecified atom stereocenters. The third-order valence-corrected chi connectivity index (χ3v) is 2.17. The normalized spacial score (nSPS) is 17.9. The van der Waals surface area contributed by atoms with Gasteiger partial charge in [0.2, 0.25) is 5.88 Å². The number of hydrogen-bond acceptors (Lipinski definition) is 3. The first-order valence-electron chi connectivity index (χ1n) is 4.02. The number of carbonyl (C=O) groups is 1. The SMILES string of the molecule is O=CC1(Oc2cccc(Cl)n2)CC1. The molecule has 0 aliphatic heterocycles. The van der Waals surface area contributed by atoms with Crippen LogP contribution in [0.25, 0.3) is 0 Å². The van der Waals surface area contributed by atoms with Crippen LogP contribution in [0.15, 0.2) is 18.2 Å². The number of rotatable bonds is 3. The van der Waals surface area contributed by atoms with Crippen LogP contribution in [0.2, 0.25) is 5.15 Å². The van der Waals surface area contributed by atoms with Gasteiger partial charge in [0.25, 0.3) is 0 Å². The van der Waals surface area contributed by atoms with E-state index < -0.39 is 5.60 Å². The molecule has 1 saturated carbocycles. The lowest BCUT2D eigenvalue weighted by molar-refractivity contribution is -0.115. The number of carbonyl (C=O) groups excluding carboxylic acids is 1. The molecule has 0 atom stereocenters. The lowest BCUT2D eigenvalue weighted by atomic mass is 10.4.